The van der Waals surface area contributed by atoms with Crippen LogP contribution >= 0.6 is 11.6 Å². The van der Waals surface area contributed by atoms with Crippen LogP contribution in [0, 0.1) is 0 Å². The van der Waals surface area contributed by atoms with Crippen molar-refractivity contribution in [3.63, 3.8) is 0 Å². The molecule has 0 saturated heterocycles. The summed E-state index contributed by atoms with van der Waals surface area (Å²) >= 11 is 6.32. The Hall–Kier alpha value is -2.08. The minimum absolute atomic E-state index is 0.230. The highest BCUT2D eigenvalue weighted by Crippen LogP contribution is 2.42. The van der Waals surface area contributed by atoms with Gasteiger partial charge in [0.25, 0.3) is 0 Å². The van der Waals surface area contributed by atoms with E-state index in [1.807, 2.05) is 0 Å². The first kappa shape index (κ1) is 16.3. The molecule has 1 aliphatic heterocycles. The molecule has 0 fully saturated rings. The first-order valence-electron chi connectivity index (χ1n) is 6.76. The van der Waals surface area contributed by atoms with Gasteiger partial charge in [0.1, 0.15) is 5.75 Å². The van der Waals surface area contributed by atoms with Crippen molar-refractivity contribution in [2.75, 3.05) is 25.6 Å². The average molecular weight is 326 g/mol. The zero-order valence-electron chi connectivity index (χ0n) is 12.3. The van der Waals surface area contributed by atoms with Gasteiger partial charge >= 0.3 is 5.97 Å². The summed E-state index contributed by atoms with van der Waals surface area (Å²) in [6, 6.07) is 3.32. The number of anilines is 1. The third-order valence-electron chi connectivity index (χ3n) is 3.48. The lowest BCUT2D eigenvalue weighted by Gasteiger charge is -2.27. The Labute approximate surface area is 132 Å². The molecule has 0 amide bonds. The van der Waals surface area contributed by atoms with Crippen LogP contribution in [-0.4, -0.2) is 37.8 Å². The number of esters is 1. The topological polar surface area (TPSA) is 81.7 Å². The molecule has 0 bridgehead atoms. The molecule has 0 saturated carbocycles. The van der Waals surface area contributed by atoms with Gasteiger partial charge in [0, 0.05) is 24.7 Å². The number of nitrogens with one attached hydrogen (secondary N) is 1. The van der Waals surface area contributed by atoms with E-state index in [2.05, 4.69) is 10.1 Å². The van der Waals surface area contributed by atoms with Crippen LogP contribution in [-0.2, 0) is 19.1 Å². The van der Waals surface area contributed by atoms with Gasteiger partial charge in [0.15, 0.2) is 12.4 Å². The Balaban J connectivity index is 2.35. The van der Waals surface area contributed by atoms with E-state index >= 15 is 0 Å². The molecule has 1 atom stereocenters. The number of fused-ring (bicyclic) bond motifs is 1. The number of hydrogen-bond acceptors (Lipinski definition) is 6. The standard InChI is InChI=1S/C15H16ClNO5/c1-8(18)15(20)9-5-6-17-10-3-4-11(14(16)13(9)10)22-7-12(19)21-2/h3-4,9,17H,5-7H2,1-2H3. The molecule has 2 rings (SSSR count). The van der Waals surface area contributed by atoms with Gasteiger partial charge in [-0.2, -0.15) is 0 Å². The third kappa shape index (κ3) is 3.22. The van der Waals surface area contributed by atoms with Gasteiger partial charge in [0.05, 0.1) is 18.1 Å². The minimum atomic E-state index is -0.595. The van der Waals surface area contributed by atoms with Crippen LogP contribution in [0.5, 0.6) is 5.75 Å². The first-order valence-corrected chi connectivity index (χ1v) is 7.14. The van der Waals surface area contributed by atoms with Crippen LogP contribution in [0.2, 0.25) is 5.02 Å². The van der Waals surface area contributed by atoms with E-state index in [1.165, 1.54) is 14.0 Å². The van der Waals surface area contributed by atoms with Crippen molar-refractivity contribution in [1.82, 2.24) is 0 Å². The molecule has 118 valence electrons. The minimum Gasteiger partial charge on any atom is -0.480 e. The van der Waals surface area contributed by atoms with Crippen molar-refractivity contribution < 1.29 is 23.9 Å². The highest BCUT2D eigenvalue weighted by Gasteiger charge is 2.32. The predicted molar refractivity (Wildman–Crippen MR) is 80.5 cm³/mol. The molecule has 0 aliphatic carbocycles. The fraction of sp³-hybridized carbons (Fsp3) is 0.400. The van der Waals surface area contributed by atoms with Gasteiger partial charge in [0.2, 0.25) is 5.78 Å². The lowest BCUT2D eigenvalue weighted by Crippen LogP contribution is -2.27. The number of carbonyl (C=O) groups is 3. The predicted octanol–water partition coefficient (Wildman–Crippen LogP) is 1.95. The molecule has 1 N–H and O–H groups in total. The zero-order chi connectivity index (χ0) is 16.3. The Morgan fingerprint density at radius 1 is 1.36 bits per heavy atom. The van der Waals surface area contributed by atoms with Crippen LogP contribution in [0.3, 0.4) is 0 Å². The van der Waals surface area contributed by atoms with Gasteiger partial charge in [-0.05, 0) is 18.6 Å². The van der Waals surface area contributed by atoms with E-state index in [9.17, 15) is 14.4 Å². The quantitative estimate of drug-likeness (QED) is 0.658. The maximum atomic E-state index is 12.1. The largest absolute Gasteiger partial charge is 0.480 e. The molecular formula is C15H16ClNO5. The molecule has 0 radical (unpaired) electrons. The molecular weight excluding hydrogens is 310 g/mol. The molecule has 1 aromatic rings. The zero-order valence-corrected chi connectivity index (χ0v) is 13.0. The van der Waals surface area contributed by atoms with Gasteiger partial charge in [-0.15, -0.1) is 0 Å². The van der Waals surface area contributed by atoms with Crippen molar-refractivity contribution in [3.8, 4) is 5.75 Å². The van der Waals surface area contributed by atoms with E-state index in [-0.39, 0.29) is 17.4 Å². The van der Waals surface area contributed by atoms with Crippen LogP contribution in [0.15, 0.2) is 12.1 Å². The summed E-state index contributed by atoms with van der Waals surface area (Å²) in [6.45, 7) is 1.54. The second-order valence-corrected chi connectivity index (χ2v) is 5.27. The molecule has 0 spiro atoms. The van der Waals surface area contributed by atoms with Gasteiger partial charge in [-0.3, -0.25) is 9.59 Å². The highest BCUT2D eigenvalue weighted by molar-refractivity contribution is 6.40. The molecule has 7 heteroatoms. The van der Waals surface area contributed by atoms with Crippen LogP contribution in [0.25, 0.3) is 0 Å². The Kier molecular flexibility index (Phi) is 5.03. The normalized spacial score (nSPS) is 16.2. The Morgan fingerprint density at radius 2 is 2.09 bits per heavy atom. The summed E-state index contributed by atoms with van der Waals surface area (Å²) in [7, 11) is 1.26. The number of ketones is 2. The summed E-state index contributed by atoms with van der Waals surface area (Å²) in [5.74, 6) is -1.84. The van der Waals surface area contributed by atoms with Crippen LogP contribution in [0.1, 0.15) is 24.8 Å². The fourth-order valence-electron chi connectivity index (χ4n) is 2.38. The fourth-order valence-corrected chi connectivity index (χ4v) is 2.73. The van der Waals surface area contributed by atoms with Gasteiger partial charge < -0.3 is 14.8 Å². The van der Waals surface area contributed by atoms with E-state index in [0.29, 0.717) is 24.2 Å². The molecule has 1 unspecified atom stereocenters. The number of rotatable bonds is 5. The van der Waals surface area contributed by atoms with E-state index in [0.717, 1.165) is 0 Å². The number of Topliss-reactive ketones (excluding diaryl/α,β-unsaturated/α-hetero) is 2. The van der Waals surface area contributed by atoms with Crippen LogP contribution < -0.4 is 10.1 Å². The molecule has 0 aromatic heterocycles. The lowest BCUT2D eigenvalue weighted by molar-refractivity contribution is -0.142. The number of carbonyl (C=O) groups excluding carboxylic acids is 3. The Morgan fingerprint density at radius 3 is 2.73 bits per heavy atom. The summed E-state index contributed by atoms with van der Waals surface area (Å²) in [5, 5.41) is 3.37. The second kappa shape index (κ2) is 6.79. The maximum Gasteiger partial charge on any atom is 0.343 e. The molecule has 1 heterocycles. The average Bonchev–Trinajstić information content (AvgIpc) is 2.52. The van der Waals surface area contributed by atoms with E-state index in [4.69, 9.17) is 16.3 Å². The molecule has 1 aliphatic rings. The summed E-state index contributed by atoms with van der Waals surface area (Å²) < 4.78 is 9.81. The number of benzene rings is 1. The van der Waals surface area contributed by atoms with Crippen LogP contribution in [0.4, 0.5) is 5.69 Å². The molecule has 22 heavy (non-hydrogen) atoms. The van der Waals surface area contributed by atoms with Crippen molar-refractivity contribution in [3.05, 3.63) is 22.7 Å². The third-order valence-corrected chi connectivity index (χ3v) is 3.87. The smallest absolute Gasteiger partial charge is 0.343 e. The number of hydrogen-bond donors (Lipinski definition) is 1. The number of halogens is 1. The van der Waals surface area contributed by atoms with Crippen molar-refractivity contribution >= 4 is 34.8 Å². The van der Waals surface area contributed by atoms with E-state index < -0.39 is 23.5 Å². The van der Waals surface area contributed by atoms with Crippen molar-refractivity contribution in [2.45, 2.75) is 19.3 Å². The number of ether oxygens (including phenoxy) is 2. The Bertz CT molecular complexity index is 629. The van der Waals surface area contributed by atoms with Gasteiger partial charge in [-0.1, -0.05) is 11.6 Å². The summed E-state index contributed by atoms with van der Waals surface area (Å²) in [5.41, 5.74) is 1.23. The monoisotopic (exact) mass is 325 g/mol. The molecule has 6 nitrogen and oxygen atoms in total. The summed E-state index contributed by atoms with van der Waals surface area (Å²) in [6.07, 6.45) is 0.478. The van der Waals surface area contributed by atoms with Crippen molar-refractivity contribution in [2.24, 2.45) is 0 Å². The van der Waals surface area contributed by atoms with Crippen molar-refractivity contribution in [1.29, 1.82) is 0 Å². The number of methoxy groups -OCH3 is 1. The van der Waals surface area contributed by atoms with E-state index in [1.54, 1.807) is 12.1 Å². The summed E-state index contributed by atoms with van der Waals surface area (Å²) in [4.78, 5) is 34.6. The lowest BCUT2D eigenvalue weighted by atomic mass is 9.86. The SMILES string of the molecule is COC(=O)COc1ccc2c(c1Cl)C(C(=O)C(C)=O)CCN2. The first-order chi connectivity index (χ1) is 10.5. The maximum absolute atomic E-state index is 12.1. The second-order valence-electron chi connectivity index (χ2n) is 4.89. The highest BCUT2D eigenvalue weighted by atomic mass is 35.5. The van der Waals surface area contributed by atoms with Gasteiger partial charge in [-0.25, -0.2) is 4.79 Å². The molecule has 1 aromatic carbocycles.